The normalized spacial score (nSPS) is 13.8. The van der Waals surface area contributed by atoms with Gasteiger partial charge in [0.2, 0.25) is 0 Å². The molecular weight excluding hydrogens is 438 g/mol. The molecular formula is C23H14F2N2O4S. The van der Waals surface area contributed by atoms with Gasteiger partial charge in [-0.25, -0.2) is 13.7 Å². The second-order valence-electron chi connectivity index (χ2n) is 6.83. The molecule has 0 saturated carbocycles. The van der Waals surface area contributed by atoms with Gasteiger partial charge in [0.25, 0.3) is 17.5 Å². The van der Waals surface area contributed by atoms with Crippen LogP contribution >= 0.6 is 11.8 Å². The van der Waals surface area contributed by atoms with Crippen molar-refractivity contribution in [2.45, 2.75) is 5.75 Å². The number of nitro benzene ring substituents is 1. The van der Waals surface area contributed by atoms with Crippen LogP contribution in [0.5, 0.6) is 0 Å². The second-order valence-corrected chi connectivity index (χ2v) is 7.81. The van der Waals surface area contributed by atoms with Crippen LogP contribution in [0, 0.1) is 21.7 Å². The van der Waals surface area contributed by atoms with E-state index in [4.69, 9.17) is 0 Å². The summed E-state index contributed by atoms with van der Waals surface area (Å²) in [5, 5.41) is 11.0. The zero-order valence-electron chi connectivity index (χ0n) is 16.3. The first-order chi connectivity index (χ1) is 15.4. The monoisotopic (exact) mass is 452 g/mol. The molecule has 0 unspecified atom stereocenters. The van der Waals surface area contributed by atoms with Gasteiger partial charge in [-0.1, -0.05) is 30.3 Å². The van der Waals surface area contributed by atoms with Crippen molar-refractivity contribution in [2.75, 3.05) is 4.90 Å². The zero-order valence-corrected chi connectivity index (χ0v) is 17.1. The number of carbonyl (C=O) groups excluding carboxylic acids is 2. The molecule has 160 valence electrons. The molecule has 1 heterocycles. The molecule has 1 aliphatic rings. The summed E-state index contributed by atoms with van der Waals surface area (Å²) in [5.74, 6) is -3.29. The largest absolute Gasteiger partial charge is 0.272 e. The van der Waals surface area contributed by atoms with E-state index in [0.29, 0.717) is 11.3 Å². The van der Waals surface area contributed by atoms with Crippen molar-refractivity contribution in [3.05, 3.63) is 111 Å². The summed E-state index contributed by atoms with van der Waals surface area (Å²) < 4.78 is 27.2. The number of carbonyl (C=O) groups is 2. The topological polar surface area (TPSA) is 80.5 Å². The zero-order chi connectivity index (χ0) is 22.8. The van der Waals surface area contributed by atoms with Gasteiger partial charge in [0.05, 0.1) is 21.1 Å². The van der Waals surface area contributed by atoms with Crippen LogP contribution < -0.4 is 4.90 Å². The molecule has 0 spiro atoms. The molecule has 6 nitrogen and oxygen atoms in total. The van der Waals surface area contributed by atoms with Crippen LogP contribution in [-0.4, -0.2) is 16.7 Å². The standard InChI is InChI=1S/C23H14F2N2O4S/c24-18-11-10-17(12-19(18)25)26-22(28)20(15-6-8-16(9-7-15)27(30)31)21(23(26)29)32-13-14-4-2-1-3-5-14/h1-12H,13H2. The van der Waals surface area contributed by atoms with Gasteiger partial charge in [0.1, 0.15) is 0 Å². The van der Waals surface area contributed by atoms with Gasteiger partial charge in [-0.2, -0.15) is 0 Å². The minimum absolute atomic E-state index is 0.0514. The van der Waals surface area contributed by atoms with E-state index in [1.54, 1.807) is 0 Å². The minimum atomic E-state index is -1.19. The summed E-state index contributed by atoms with van der Waals surface area (Å²) >= 11 is 1.13. The number of halogens is 2. The lowest BCUT2D eigenvalue weighted by Crippen LogP contribution is -2.31. The average Bonchev–Trinajstić information content (AvgIpc) is 3.04. The SMILES string of the molecule is O=C1C(SCc2ccccc2)=C(c2ccc([N+](=O)[O-])cc2)C(=O)N1c1ccc(F)c(F)c1. The van der Waals surface area contributed by atoms with Gasteiger partial charge < -0.3 is 0 Å². The molecule has 0 atom stereocenters. The summed E-state index contributed by atoms with van der Waals surface area (Å²) in [6, 6.07) is 17.3. The average molecular weight is 452 g/mol. The molecule has 0 fully saturated rings. The fraction of sp³-hybridized carbons (Fsp3) is 0.0435. The Morgan fingerprint density at radius 2 is 1.56 bits per heavy atom. The molecule has 0 saturated heterocycles. The van der Waals surface area contributed by atoms with E-state index < -0.39 is 28.4 Å². The summed E-state index contributed by atoms with van der Waals surface area (Å²) in [5.41, 5.74) is 1.01. The number of nitrogens with zero attached hydrogens (tertiary/aromatic N) is 2. The Bertz CT molecular complexity index is 1260. The first-order valence-electron chi connectivity index (χ1n) is 9.36. The summed E-state index contributed by atoms with van der Waals surface area (Å²) in [6.07, 6.45) is 0. The Kier molecular flexibility index (Phi) is 5.83. The van der Waals surface area contributed by atoms with Gasteiger partial charge in [-0.3, -0.25) is 19.7 Å². The quantitative estimate of drug-likeness (QED) is 0.296. The molecule has 0 radical (unpaired) electrons. The maximum atomic E-state index is 13.8. The Morgan fingerprint density at radius 3 is 2.19 bits per heavy atom. The van der Waals surface area contributed by atoms with E-state index in [1.807, 2.05) is 30.3 Å². The van der Waals surface area contributed by atoms with Crippen molar-refractivity contribution < 1.29 is 23.3 Å². The first-order valence-corrected chi connectivity index (χ1v) is 10.3. The second kappa shape index (κ2) is 8.72. The van der Waals surface area contributed by atoms with Crippen molar-refractivity contribution in [1.82, 2.24) is 0 Å². The predicted molar refractivity (Wildman–Crippen MR) is 117 cm³/mol. The molecule has 32 heavy (non-hydrogen) atoms. The van der Waals surface area contributed by atoms with E-state index in [1.165, 1.54) is 24.3 Å². The van der Waals surface area contributed by atoms with E-state index >= 15 is 0 Å². The number of nitro groups is 1. The predicted octanol–water partition coefficient (Wildman–Crippen LogP) is 5.09. The van der Waals surface area contributed by atoms with Crippen molar-refractivity contribution in [1.29, 1.82) is 0 Å². The van der Waals surface area contributed by atoms with E-state index in [-0.39, 0.29) is 21.9 Å². The van der Waals surface area contributed by atoms with Crippen LogP contribution in [0.25, 0.3) is 5.57 Å². The molecule has 3 aromatic carbocycles. The lowest BCUT2D eigenvalue weighted by Gasteiger charge is -2.15. The number of non-ortho nitro benzene ring substituents is 1. The third-order valence-electron chi connectivity index (χ3n) is 4.80. The molecule has 3 aromatic rings. The maximum Gasteiger partial charge on any atom is 0.272 e. The Hall–Kier alpha value is -3.85. The van der Waals surface area contributed by atoms with E-state index in [2.05, 4.69) is 0 Å². The van der Waals surface area contributed by atoms with Gasteiger partial charge in [-0.05, 0) is 35.4 Å². The number of rotatable bonds is 6. The minimum Gasteiger partial charge on any atom is -0.268 e. The number of hydrogen-bond donors (Lipinski definition) is 0. The van der Waals surface area contributed by atoms with Gasteiger partial charge >= 0.3 is 0 Å². The Labute approximate surface area is 185 Å². The van der Waals surface area contributed by atoms with E-state index in [0.717, 1.165) is 40.4 Å². The number of amides is 2. The van der Waals surface area contributed by atoms with Crippen LogP contribution in [0.1, 0.15) is 11.1 Å². The molecule has 0 bridgehead atoms. The lowest BCUT2D eigenvalue weighted by molar-refractivity contribution is -0.384. The highest BCUT2D eigenvalue weighted by Gasteiger charge is 2.40. The molecule has 4 rings (SSSR count). The highest BCUT2D eigenvalue weighted by Crippen LogP contribution is 2.40. The molecule has 1 aliphatic heterocycles. The van der Waals surface area contributed by atoms with Crippen molar-refractivity contribution in [2.24, 2.45) is 0 Å². The van der Waals surface area contributed by atoms with Crippen LogP contribution in [0.4, 0.5) is 20.2 Å². The number of thioether (sulfide) groups is 1. The smallest absolute Gasteiger partial charge is 0.268 e. The molecule has 0 N–H and O–H groups in total. The maximum absolute atomic E-state index is 13.8. The number of benzene rings is 3. The molecule has 0 aliphatic carbocycles. The fourth-order valence-corrected chi connectivity index (χ4v) is 4.30. The highest BCUT2D eigenvalue weighted by molar-refractivity contribution is 8.03. The third-order valence-corrected chi connectivity index (χ3v) is 5.94. The molecule has 2 amide bonds. The summed E-state index contributed by atoms with van der Waals surface area (Å²) in [7, 11) is 0. The van der Waals surface area contributed by atoms with Crippen molar-refractivity contribution in [3.63, 3.8) is 0 Å². The van der Waals surface area contributed by atoms with Gasteiger partial charge in [-0.15, -0.1) is 11.8 Å². The highest BCUT2D eigenvalue weighted by atomic mass is 32.2. The molecule has 0 aromatic heterocycles. The third kappa shape index (κ3) is 4.02. The molecule has 9 heteroatoms. The van der Waals surface area contributed by atoms with E-state index in [9.17, 15) is 28.5 Å². The van der Waals surface area contributed by atoms with Crippen LogP contribution in [-0.2, 0) is 15.3 Å². The van der Waals surface area contributed by atoms with Gasteiger partial charge in [0, 0.05) is 24.0 Å². The summed E-state index contributed by atoms with van der Waals surface area (Å²) in [4.78, 5) is 37.7. The van der Waals surface area contributed by atoms with Crippen LogP contribution in [0.2, 0.25) is 0 Å². The van der Waals surface area contributed by atoms with Crippen LogP contribution in [0.3, 0.4) is 0 Å². The number of imide groups is 1. The first kappa shape index (κ1) is 21.4. The van der Waals surface area contributed by atoms with Gasteiger partial charge in [0.15, 0.2) is 11.6 Å². The number of anilines is 1. The van der Waals surface area contributed by atoms with Crippen molar-refractivity contribution in [3.8, 4) is 0 Å². The van der Waals surface area contributed by atoms with Crippen molar-refractivity contribution >= 4 is 40.5 Å². The van der Waals surface area contributed by atoms with Crippen LogP contribution in [0.15, 0.2) is 77.7 Å². The Morgan fingerprint density at radius 1 is 0.875 bits per heavy atom. The Balaban J connectivity index is 1.76. The fourth-order valence-electron chi connectivity index (χ4n) is 3.24. The summed E-state index contributed by atoms with van der Waals surface area (Å²) in [6.45, 7) is 0. The number of hydrogen-bond acceptors (Lipinski definition) is 5. The lowest BCUT2D eigenvalue weighted by atomic mass is 10.1.